The zero-order chi connectivity index (χ0) is 18.2. The van der Waals surface area contributed by atoms with Crippen LogP contribution in [-0.4, -0.2) is 17.2 Å². The van der Waals surface area contributed by atoms with Crippen LogP contribution in [0.2, 0.25) is 0 Å². The Hall–Kier alpha value is -3.80. The Morgan fingerprint density at radius 1 is 0.846 bits per heavy atom. The van der Waals surface area contributed by atoms with Crippen LogP contribution in [0, 0.1) is 0 Å². The number of hydrogen-bond acceptors (Lipinski definition) is 5. The predicted octanol–water partition coefficient (Wildman–Crippen LogP) is 4.57. The summed E-state index contributed by atoms with van der Waals surface area (Å²) < 4.78 is 0. The Bertz CT molecular complexity index is 939. The third-order valence-electron chi connectivity index (χ3n) is 3.45. The second kappa shape index (κ2) is 8.34. The summed E-state index contributed by atoms with van der Waals surface area (Å²) in [6.07, 6.45) is 1.36. The van der Waals surface area contributed by atoms with Crippen molar-refractivity contribution in [1.29, 1.82) is 0 Å². The van der Waals surface area contributed by atoms with E-state index in [1.807, 2.05) is 36.4 Å². The van der Waals surface area contributed by atoms with Crippen molar-refractivity contribution in [2.75, 3.05) is 0 Å². The van der Waals surface area contributed by atoms with E-state index in [0.29, 0.717) is 16.8 Å². The first kappa shape index (κ1) is 17.0. The maximum absolute atomic E-state index is 11.9. The average molecular weight is 344 g/mol. The molecule has 3 rings (SSSR count). The van der Waals surface area contributed by atoms with Gasteiger partial charge in [-0.15, -0.1) is 0 Å². The van der Waals surface area contributed by atoms with Gasteiger partial charge in [0.15, 0.2) is 0 Å². The van der Waals surface area contributed by atoms with E-state index in [0.717, 1.165) is 5.69 Å². The fourth-order valence-electron chi connectivity index (χ4n) is 2.13. The number of hydrazone groups is 1. The van der Waals surface area contributed by atoms with E-state index in [2.05, 4.69) is 20.8 Å². The van der Waals surface area contributed by atoms with Gasteiger partial charge in [0.25, 0.3) is 5.91 Å². The summed E-state index contributed by atoms with van der Waals surface area (Å²) in [6, 6.07) is 22.8. The van der Waals surface area contributed by atoms with E-state index in [4.69, 9.17) is 0 Å². The minimum atomic E-state index is -0.332. The molecule has 0 spiro atoms. The lowest BCUT2D eigenvalue weighted by Gasteiger charge is -2.01. The van der Waals surface area contributed by atoms with Gasteiger partial charge in [0.2, 0.25) is 0 Å². The number of nitrogens with one attached hydrogen (secondary N) is 1. The van der Waals surface area contributed by atoms with Crippen molar-refractivity contribution in [3.05, 3.63) is 90.0 Å². The van der Waals surface area contributed by atoms with Gasteiger partial charge in [-0.25, -0.2) is 5.43 Å². The second-order valence-corrected chi connectivity index (χ2v) is 5.34. The highest BCUT2D eigenvalue weighted by atomic mass is 16.3. The number of phenols is 1. The topological polar surface area (TPSA) is 86.4 Å². The number of azo groups is 1. The highest BCUT2D eigenvalue weighted by Gasteiger charge is 2.03. The smallest absolute Gasteiger partial charge is 0.271 e. The first-order chi connectivity index (χ1) is 12.7. The summed E-state index contributed by atoms with van der Waals surface area (Å²) in [5, 5.41) is 22.1. The Morgan fingerprint density at radius 2 is 1.50 bits per heavy atom. The maximum Gasteiger partial charge on any atom is 0.271 e. The molecule has 0 aromatic heterocycles. The van der Waals surface area contributed by atoms with Crippen LogP contribution in [0.25, 0.3) is 0 Å². The van der Waals surface area contributed by atoms with E-state index < -0.39 is 0 Å². The largest absolute Gasteiger partial charge is 0.507 e. The number of amides is 1. The minimum absolute atomic E-state index is 0.0290. The normalized spacial score (nSPS) is 11.1. The van der Waals surface area contributed by atoms with Crippen molar-refractivity contribution >= 4 is 23.5 Å². The van der Waals surface area contributed by atoms with E-state index >= 15 is 0 Å². The van der Waals surface area contributed by atoms with Crippen LogP contribution in [0.5, 0.6) is 5.75 Å². The van der Waals surface area contributed by atoms with Gasteiger partial charge >= 0.3 is 0 Å². The fourth-order valence-corrected chi connectivity index (χ4v) is 2.13. The predicted molar refractivity (Wildman–Crippen MR) is 100 cm³/mol. The van der Waals surface area contributed by atoms with Gasteiger partial charge < -0.3 is 5.11 Å². The number of phenolic OH excluding ortho intramolecular Hbond substituents is 1. The fraction of sp³-hybridized carbons (Fsp3) is 0. The molecule has 0 unspecified atom stereocenters. The van der Waals surface area contributed by atoms with E-state index in [9.17, 15) is 9.90 Å². The van der Waals surface area contributed by atoms with Crippen molar-refractivity contribution in [3.63, 3.8) is 0 Å². The molecule has 0 aliphatic rings. The standard InChI is InChI=1S/C20H16N4O2/c25-19-12-11-18(23-22-17-9-5-2-6-10-17)13-16(19)14-21-24-20(26)15-7-3-1-4-8-15/h1-14,25H,(H,24,26)/b21-14+,23-22?. The average Bonchev–Trinajstić information content (AvgIpc) is 2.69. The van der Waals surface area contributed by atoms with Gasteiger partial charge in [-0.2, -0.15) is 15.3 Å². The summed E-state index contributed by atoms with van der Waals surface area (Å²) >= 11 is 0. The summed E-state index contributed by atoms with van der Waals surface area (Å²) in [6.45, 7) is 0. The molecule has 0 atom stereocenters. The lowest BCUT2D eigenvalue weighted by atomic mass is 10.2. The first-order valence-corrected chi connectivity index (χ1v) is 7.90. The third kappa shape index (κ3) is 4.61. The van der Waals surface area contributed by atoms with Crippen LogP contribution in [0.4, 0.5) is 11.4 Å². The maximum atomic E-state index is 11.9. The molecular formula is C20H16N4O2. The van der Waals surface area contributed by atoms with Crippen LogP contribution in [0.1, 0.15) is 15.9 Å². The molecule has 128 valence electrons. The molecule has 1 amide bonds. The lowest BCUT2D eigenvalue weighted by molar-refractivity contribution is 0.0955. The summed E-state index contributed by atoms with van der Waals surface area (Å²) in [5.74, 6) is -0.303. The summed E-state index contributed by atoms with van der Waals surface area (Å²) in [5.41, 5.74) is 4.62. The third-order valence-corrected chi connectivity index (χ3v) is 3.45. The molecule has 26 heavy (non-hydrogen) atoms. The highest BCUT2D eigenvalue weighted by Crippen LogP contribution is 2.23. The quantitative estimate of drug-likeness (QED) is 0.403. The number of rotatable bonds is 5. The molecule has 3 aromatic rings. The molecule has 0 aliphatic carbocycles. The van der Waals surface area contributed by atoms with Crippen LogP contribution in [0.15, 0.2) is 94.2 Å². The van der Waals surface area contributed by atoms with Gasteiger partial charge in [-0.3, -0.25) is 4.79 Å². The zero-order valence-corrected chi connectivity index (χ0v) is 13.8. The van der Waals surface area contributed by atoms with Crippen LogP contribution < -0.4 is 5.43 Å². The minimum Gasteiger partial charge on any atom is -0.507 e. The monoisotopic (exact) mass is 344 g/mol. The summed E-state index contributed by atoms with van der Waals surface area (Å²) in [4.78, 5) is 11.9. The molecule has 0 radical (unpaired) electrons. The Labute approximate surface area is 150 Å². The molecule has 0 saturated heterocycles. The molecule has 2 N–H and O–H groups in total. The van der Waals surface area contributed by atoms with Crippen molar-refractivity contribution in [1.82, 2.24) is 5.43 Å². The number of carbonyl (C=O) groups is 1. The molecule has 0 bridgehead atoms. The van der Waals surface area contributed by atoms with Crippen molar-refractivity contribution in [2.24, 2.45) is 15.3 Å². The SMILES string of the molecule is O=C(N/N=C/c1cc(N=Nc2ccccc2)ccc1O)c1ccccc1. The number of carbonyl (C=O) groups excluding carboxylic acids is 1. The van der Waals surface area contributed by atoms with Gasteiger partial charge in [0.05, 0.1) is 17.6 Å². The van der Waals surface area contributed by atoms with Gasteiger partial charge in [-0.05, 0) is 42.5 Å². The molecular weight excluding hydrogens is 328 g/mol. The van der Waals surface area contributed by atoms with E-state index in [1.54, 1.807) is 36.4 Å². The molecule has 0 heterocycles. The molecule has 3 aromatic carbocycles. The van der Waals surface area contributed by atoms with Crippen molar-refractivity contribution < 1.29 is 9.90 Å². The van der Waals surface area contributed by atoms with Crippen molar-refractivity contribution in [2.45, 2.75) is 0 Å². The van der Waals surface area contributed by atoms with E-state index in [-0.39, 0.29) is 11.7 Å². The molecule has 0 aliphatic heterocycles. The summed E-state index contributed by atoms with van der Waals surface area (Å²) in [7, 11) is 0. The van der Waals surface area contributed by atoms with E-state index in [1.165, 1.54) is 12.3 Å². The molecule has 6 heteroatoms. The number of nitrogens with zero attached hydrogens (tertiary/aromatic N) is 3. The van der Waals surface area contributed by atoms with Gasteiger partial charge in [0.1, 0.15) is 5.75 Å². The van der Waals surface area contributed by atoms with Crippen LogP contribution in [-0.2, 0) is 0 Å². The second-order valence-electron chi connectivity index (χ2n) is 5.34. The Morgan fingerprint density at radius 3 is 2.23 bits per heavy atom. The number of benzene rings is 3. The highest BCUT2D eigenvalue weighted by molar-refractivity contribution is 5.95. The Kier molecular flexibility index (Phi) is 5.47. The Balaban J connectivity index is 1.69. The molecule has 0 fully saturated rings. The number of aromatic hydroxyl groups is 1. The van der Waals surface area contributed by atoms with Gasteiger partial charge in [0, 0.05) is 11.1 Å². The van der Waals surface area contributed by atoms with Crippen LogP contribution in [0.3, 0.4) is 0 Å². The zero-order valence-electron chi connectivity index (χ0n) is 13.8. The lowest BCUT2D eigenvalue weighted by Crippen LogP contribution is -2.17. The first-order valence-electron chi connectivity index (χ1n) is 7.90. The van der Waals surface area contributed by atoms with Crippen molar-refractivity contribution in [3.8, 4) is 5.75 Å². The molecule has 6 nitrogen and oxygen atoms in total. The van der Waals surface area contributed by atoms with Crippen LogP contribution >= 0.6 is 0 Å². The number of hydrogen-bond donors (Lipinski definition) is 2. The van der Waals surface area contributed by atoms with Gasteiger partial charge in [-0.1, -0.05) is 36.4 Å². The molecule has 0 saturated carbocycles.